The molecule has 2 aromatic rings. The molecule has 3 heteroatoms. The van der Waals surface area contributed by atoms with Gasteiger partial charge < -0.3 is 4.98 Å². The van der Waals surface area contributed by atoms with Gasteiger partial charge in [-0.1, -0.05) is 33.3 Å². The molecule has 1 heterocycles. The van der Waals surface area contributed by atoms with E-state index in [0.717, 1.165) is 30.7 Å². The number of unbranched alkanes of at least 4 members (excludes halogenated alkanes) is 1. The highest BCUT2D eigenvalue weighted by atomic mass is 15.2. The maximum Gasteiger partial charge on any atom is 0.124 e. The van der Waals surface area contributed by atoms with Gasteiger partial charge in [0, 0.05) is 0 Å². The standard InChI is InChI=1S/C17H27N3/c1-5-8-11-20(4)16(7-3)17-18-14-10-9-13(6-2)12-15(14)19-17/h9-10,12,16H,5-8,11H2,1-4H3,(H,18,19). The average molecular weight is 273 g/mol. The third-order valence-electron chi connectivity index (χ3n) is 4.07. The second-order valence-electron chi connectivity index (χ2n) is 5.59. The predicted octanol–water partition coefficient (Wildman–Crippen LogP) is 4.31. The lowest BCUT2D eigenvalue weighted by Gasteiger charge is -2.25. The summed E-state index contributed by atoms with van der Waals surface area (Å²) in [4.78, 5) is 10.7. The summed E-state index contributed by atoms with van der Waals surface area (Å²) in [5.41, 5.74) is 3.61. The second-order valence-corrected chi connectivity index (χ2v) is 5.59. The molecular weight excluding hydrogens is 246 g/mol. The maximum atomic E-state index is 4.79. The minimum atomic E-state index is 0.388. The molecule has 0 aliphatic heterocycles. The van der Waals surface area contributed by atoms with Gasteiger partial charge in [0.1, 0.15) is 5.82 Å². The lowest BCUT2D eigenvalue weighted by Crippen LogP contribution is -2.26. The zero-order valence-corrected chi connectivity index (χ0v) is 13.2. The third kappa shape index (κ3) is 3.21. The maximum absolute atomic E-state index is 4.79. The first-order chi connectivity index (χ1) is 9.69. The number of aryl methyl sites for hydroxylation is 1. The first-order valence-corrected chi connectivity index (χ1v) is 7.88. The zero-order valence-electron chi connectivity index (χ0n) is 13.2. The normalized spacial score (nSPS) is 13.2. The highest BCUT2D eigenvalue weighted by molar-refractivity contribution is 5.76. The number of aromatic amines is 1. The van der Waals surface area contributed by atoms with Crippen LogP contribution in [-0.4, -0.2) is 28.5 Å². The Kier molecular flexibility index (Phi) is 5.18. The fourth-order valence-corrected chi connectivity index (χ4v) is 2.73. The quantitative estimate of drug-likeness (QED) is 0.815. The Morgan fingerprint density at radius 1 is 1.25 bits per heavy atom. The molecule has 0 spiro atoms. The van der Waals surface area contributed by atoms with E-state index in [-0.39, 0.29) is 0 Å². The highest BCUT2D eigenvalue weighted by Gasteiger charge is 2.18. The molecule has 1 aromatic carbocycles. The minimum Gasteiger partial charge on any atom is -0.341 e. The van der Waals surface area contributed by atoms with Gasteiger partial charge >= 0.3 is 0 Å². The fourth-order valence-electron chi connectivity index (χ4n) is 2.73. The van der Waals surface area contributed by atoms with Crippen LogP contribution in [0.25, 0.3) is 11.0 Å². The van der Waals surface area contributed by atoms with Crippen LogP contribution >= 0.6 is 0 Å². The van der Waals surface area contributed by atoms with Gasteiger partial charge in [-0.05, 0) is 50.6 Å². The Labute approximate surface area is 122 Å². The SMILES string of the molecule is CCCCN(C)C(CC)c1nc2ccc(CC)cc2[nH]1. The number of rotatable bonds is 7. The fraction of sp³-hybridized carbons (Fsp3) is 0.588. The molecule has 1 N–H and O–H groups in total. The number of imidazole rings is 1. The summed E-state index contributed by atoms with van der Waals surface area (Å²) in [5, 5.41) is 0. The van der Waals surface area contributed by atoms with E-state index in [9.17, 15) is 0 Å². The van der Waals surface area contributed by atoms with Crippen LogP contribution in [0, 0.1) is 0 Å². The number of H-pyrrole nitrogens is 1. The first kappa shape index (κ1) is 15.0. The van der Waals surface area contributed by atoms with Crippen LogP contribution in [0.2, 0.25) is 0 Å². The molecule has 2 rings (SSSR count). The van der Waals surface area contributed by atoms with Gasteiger partial charge in [0.25, 0.3) is 0 Å². The Balaban J connectivity index is 2.25. The number of fused-ring (bicyclic) bond motifs is 1. The van der Waals surface area contributed by atoms with Gasteiger partial charge in [-0.2, -0.15) is 0 Å². The first-order valence-electron chi connectivity index (χ1n) is 7.88. The lowest BCUT2D eigenvalue weighted by molar-refractivity contribution is 0.227. The van der Waals surface area contributed by atoms with Crippen molar-refractivity contribution in [3.8, 4) is 0 Å². The molecule has 0 saturated heterocycles. The third-order valence-corrected chi connectivity index (χ3v) is 4.07. The van der Waals surface area contributed by atoms with E-state index in [0.29, 0.717) is 6.04 Å². The summed E-state index contributed by atoms with van der Waals surface area (Å²) in [7, 11) is 2.20. The Morgan fingerprint density at radius 2 is 2.05 bits per heavy atom. The van der Waals surface area contributed by atoms with Crippen LogP contribution in [0.15, 0.2) is 18.2 Å². The summed E-state index contributed by atoms with van der Waals surface area (Å²) in [6.45, 7) is 7.79. The van der Waals surface area contributed by atoms with E-state index in [1.807, 2.05) is 0 Å². The summed E-state index contributed by atoms with van der Waals surface area (Å²) >= 11 is 0. The molecule has 0 saturated carbocycles. The van der Waals surface area contributed by atoms with Crippen LogP contribution in [0.4, 0.5) is 0 Å². The van der Waals surface area contributed by atoms with Crippen molar-refractivity contribution in [3.05, 3.63) is 29.6 Å². The van der Waals surface area contributed by atoms with Gasteiger partial charge in [0.05, 0.1) is 17.1 Å². The van der Waals surface area contributed by atoms with E-state index in [1.54, 1.807) is 0 Å². The number of hydrogen-bond acceptors (Lipinski definition) is 2. The topological polar surface area (TPSA) is 31.9 Å². The van der Waals surface area contributed by atoms with Crippen molar-refractivity contribution in [1.29, 1.82) is 0 Å². The molecule has 1 atom stereocenters. The van der Waals surface area contributed by atoms with E-state index >= 15 is 0 Å². The van der Waals surface area contributed by atoms with Crippen LogP contribution in [0.3, 0.4) is 0 Å². The molecule has 20 heavy (non-hydrogen) atoms. The van der Waals surface area contributed by atoms with Crippen molar-refractivity contribution in [2.45, 2.75) is 52.5 Å². The van der Waals surface area contributed by atoms with E-state index in [4.69, 9.17) is 4.98 Å². The number of nitrogens with one attached hydrogen (secondary N) is 1. The van der Waals surface area contributed by atoms with E-state index in [2.05, 4.69) is 55.9 Å². The van der Waals surface area contributed by atoms with Crippen molar-refractivity contribution in [1.82, 2.24) is 14.9 Å². The Morgan fingerprint density at radius 3 is 2.70 bits per heavy atom. The monoisotopic (exact) mass is 273 g/mol. The molecule has 0 fully saturated rings. The van der Waals surface area contributed by atoms with Gasteiger partial charge in [0.2, 0.25) is 0 Å². The van der Waals surface area contributed by atoms with Crippen molar-refractivity contribution < 1.29 is 0 Å². The number of hydrogen-bond donors (Lipinski definition) is 1. The van der Waals surface area contributed by atoms with Crippen LogP contribution < -0.4 is 0 Å². The number of benzene rings is 1. The molecule has 0 radical (unpaired) electrons. The molecule has 110 valence electrons. The molecule has 3 nitrogen and oxygen atoms in total. The highest BCUT2D eigenvalue weighted by Crippen LogP contribution is 2.24. The Bertz CT molecular complexity index is 544. The van der Waals surface area contributed by atoms with Crippen LogP contribution in [0.1, 0.15) is 57.5 Å². The zero-order chi connectivity index (χ0) is 14.5. The molecule has 1 aromatic heterocycles. The smallest absolute Gasteiger partial charge is 0.124 e. The summed E-state index contributed by atoms with van der Waals surface area (Å²) in [5.74, 6) is 1.11. The van der Waals surface area contributed by atoms with Gasteiger partial charge in [-0.25, -0.2) is 4.98 Å². The Hall–Kier alpha value is -1.35. The average Bonchev–Trinajstić information content (AvgIpc) is 2.88. The predicted molar refractivity (Wildman–Crippen MR) is 86.0 cm³/mol. The van der Waals surface area contributed by atoms with Crippen LogP contribution in [0.5, 0.6) is 0 Å². The van der Waals surface area contributed by atoms with Crippen molar-refractivity contribution in [2.75, 3.05) is 13.6 Å². The van der Waals surface area contributed by atoms with Crippen LogP contribution in [-0.2, 0) is 6.42 Å². The summed E-state index contributed by atoms with van der Waals surface area (Å²) in [6, 6.07) is 6.92. The van der Waals surface area contributed by atoms with Crippen molar-refractivity contribution >= 4 is 11.0 Å². The van der Waals surface area contributed by atoms with E-state index < -0.39 is 0 Å². The van der Waals surface area contributed by atoms with Gasteiger partial charge in [-0.15, -0.1) is 0 Å². The lowest BCUT2D eigenvalue weighted by atomic mass is 10.1. The largest absolute Gasteiger partial charge is 0.341 e. The molecule has 0 bridgehead atoms. The number of nitrogens with zero attached hydrogens (tertiary/aromatic N) is 2. The summed E-state index contributed by atoms with van der Waals surface area (Å²) in [6.07, 6.45) is 4.63. The molecule has 0 aliphatic carbocycles. The molecule has 0 aliphatic rings. The molecular formula is C17H27N3. The summed E-state index contributed by atoms with van der Waals surface area (Å²) < 4.78 is 0. The van der Waals surface area contributed by atoms with E-state index in [1.165, 1.54) is 23.9 Å². The van der Waals surface area contributed by atoms with Gasteiger partial charge in [0.15, 0.2) is 0 Å². The molecule has 0 amide bonds. The second kappa shape index (κ2) is 6.89. The van der Waals surface area contributed by atoms with Gasteiger partial charge in [-0.3, -0.25) is 4.90 Å². The van der Waals surface area contributed by atoms with Crippen molar-refractivity contribution in [2.24, 2.45) is 0 Å². The van der Waals surface area contributed by atoms with Crippen molar-refractivity contribution in [3.63, 3.8) is 0 Å². The molecule has 1 unspecified atom stereocenters. The number of aromatic nitrogens is 2. The minimum absolute atomic E-state index is 0.388.